The molecule has 5 heteroatoms. The van der Waals surface area contributed by atoms with Crippen LogP contribution in [-0.2, 0) is 0 Å². The van der Waals surface area contributed by atoms with Crippen LogP contribution in [0.15, 0.2) is 18.2 Å². The van der Waals surface area contributed by atoms with Gasteiger partial charge in [-0.05, 0) is 25.2 Å². The predicted octanol–water partition coefficient (Wildman–Crippen LogP) is 0.448. The number of ether oxygens (including phenoxy) is 1. The minimum Gasteiger partial charge on any atom is -0.496 e. The summed E-state index contributed by atoms with van der Waals surface area (Å²) in [7, 11) is 3.08. The van der Waals surface area contributed by atoms with Crippen molar-refractivity contribution in [1.29, 1.82) is 0 Å². The number of aliphatic hydroxyl groups is 2. The predicted molar refractivity (Wildman–Crippen MR) is 57.8 cm³/mol. The Morgan fingerprint density at radius 3 is 2.69 bits per heavy atom. The van der Waals surface area contributed by atoms with Gasteiger partial charge in [0.05, 0.1) is 13.2 Å². The fourth-order valence-electron chi connectivity index (χ4n) is 1.46. The molecule has 16 heavy (non-hydrogen) atoms. The fraction of sp³-hybridized carbons (Fsp3) is 0.455. The van der Waals surface area contributed by atoms with Gasteiger partial charge >= 0.3 is 0 Å². The lowest BCUT2D eigenvalue weighted by Gasteiger charge is -2.19. The van der Waals surface area contributed by atoms with Crippen LogP contribution in [0, 0.1) is 5.82 Å². The normalized spacial score (nSPS) is 14.6. The number of hydrogen-bond donors (Lipinski definition) is 3. The second-order valence-corrected chi connectivity index (χ2v) is 3.46. The molecule has 90 valence electrons. The molecule has 1 aromatic carbocycles. The highest BCUT2D eigenvalue weighted by atomic mass is 19.1. The van der Waals surface area contributed by atoms with Crippen molar-refractivity contribution >= 4 is 0 Å². The molecule has 1 aromatic rings. The maximum Gasteiger partial charge on any atom is 0.124 e. The lowest BCUT2D eigenvalue weighted by molar-refractivity contribution is 0.0187. The Bertz CT molecular complexity index is 346. The van der Waals surface area contributed by atoms with E-state index >= 15 is 0 Å². The summed E-state index contributed by atoms with van der Waals surface area (Å²) < 4.78 is 18.0. The molecular formula is C11H16FNO3. The van der Waals surface area contributed by atoms with Crippen LogP contribution in [0.2, 0.25) is 0 Å². The smallest absolute Gasteiger partial charge is 0.124 e. The molecule has 0 radical (unpaired) electrons. The Hall–Kier alpha value is -1.17. The van der Waals surface area contributed by atoms with Crippen LogP contribution in [-0.4, -0.2) is 37.0 Å². The number of benzene rings is 1. The van der Waals surface area contributed by atoms with E-state index in [9.17, 15) is 14.6 Å². The number of rotatable bonds is 5. The van der Waals surface area contributed by atoms with Gasteiger partial charge in [-0.25, -0.2) is 4.39 Å². The van der Waals surface area contributed by atoms with Crippen molar-refractivity contribution in [2.45, 2.75) is 12.2 Å². The van der Waals surface area contributed by atoms with E-state index < -0.39 is 18.0 Å². The van der Waals surface area contributed by atoms with Gasteiger partial charge in [0.2, 0.25) is 0 Å². The van der Waals surface area contributed by atoms with Crippen molar-refractivity contribution in [3.8, 4) is 5.75 Å². The zero-order valence-corrected chi connectivity index (χ0v) is 9.27. The van der Waals surface area contributed by atoms with E-state index in [0.29, 0.717) is 5.75 Å². The summed E-state index contributed by atoms with van der Waals surface area (Å²) in [4.78, 5) is 0. The largest absolute Gasteiger partial charge is 0.496 e. The number of aliphatic hydroxyl groups excluding tert-OH is 2. The van der Waals surface area contributed by atoms with Gasteiger partial charge in [0.1, 0.15) is 17.7 Å². The van der Waals surface area contributed by atoms with Crippen LogP contribution < -0.4 is 10.1 Å². The Labute approximate surface area is 93.7 Å². The molecule has 0 fully saturated rings. The second-order valence-electron chi connectivity index (χ2n) is 3.46. The Morgan fingerprint density at radius 2 is 2.12 bits per heavy atom. The molecule has 0 bridgehead atoms. The van der Waals surface area contributed by atoms with Crippen LogP contribution in [0.3, 0.4) is 0 Å². The highest BCUT2D eigenvalue weighted by molar-refractivity contribution is 5.36. The Morgan fingerprint density at radius 1 is 1.44 bits per heavy atom. The van der Waals surface area contributed by atoms with Crippen molar-refractivity contribution in [3.05, 3.63) is 29.6 Å². The molecule has 3 N–H and O–H groups in total. The summed E-state index contributed by atoms with van der Waals surface area (Å²) in [5.74, 6) is -0.129. The minimum atomic E-state index is -1.18. The van der Waals surface area contributed by atoms with Crippen LogP contribution in [0.25, 0.3) is 0 Å². The first-order valence-electron chi connectivity index (χ1n) is 4.94. The summed E-state index contributed by atoms with van der Waals surface area (Å²) in [6, 6.07) is 3.81. The van der Waals surface area contributed by atoms with Crippen LogP contribution >= 0.6 is 0 Å². The number of halogens is 1. The SMILES string of the molecule is CNCC(O)C(O)c1cc(F)ccc1OC. The number of methoxy groups -OCH3 is 1. The quantitative estimate of drug-likeness (QED) is 0.686. The molecule has 1 rings (SSSR count). The molecule has 2 unspecified atom stereocenters. The van der Waals surface area contributed by atoms with E-state index in [4.69, 9.17) is 4.74 Å². The van der Waals surface area contributed by atoms with E-state index in [1.807, 2.05) is 0 Å². The molecule has 0 aliphatic rings. The fourth-order valence-corrected chi connectivity index (χ4v) is 1.46. The lowest BCUT2D eigenvalue weighted by atomic mass is 10.0. The third-order valence-corrected chi connectivity index (χ3v) is 2.29. The maximum atomic E-state index is 13.0. The highest BCUT2D eigenvalue weighted by Gasteiger charge is 2.21. The summed E-state index contributed by atoms with van der Waals surface area (Å²) >= 11 is 0. The molecule has 0 aliphatic heterocycles. The first kappa shape index (κ1) is 12.9. The molecule has 0 saturated carbocycles. The van der Waals surface area contributed by atoms with Gasteiger partial charge in [-0.2, -0.15) is 0 Å². The zero-order chi connectivity index (χ0) is 12.1. The van der Waals surface area contributed by atoms with Gasteiger partial charge in [0, 0.05) is 12.1 Å². The molecule has 4 nitrogen and oxygen atoms in total. The summed E-state index contributed by atoms with van der Waals surface area (Å²) in [6.45, 7) is 0.209. The summed E-state index contributed by atoms with van der Waals surface area (Å²) in [5.41, 5.74) is 0.241. The number of hydrogen-bond acceptors (Lipinski definition) is 4. The highest BCUT2D eigenvalue weighted by Crippen LogP contribution is 2.27. The third-order valence-electron chi connectivity index (χ3n) is 2.29. The molecule has 0 saturated heterocycles. The lowest BCUT2D eigenvalue weighted by Crippen LogP contribution is -2.29. The van der Waals surface area contributed by atoms with Gasteiger partial charge in [-0.15, -0.1) is 0 Å². The van der Waals surface area contributed by atoms with Gasteiger partial charge in [0.15, 0.2) is 0 Å². The molecule has 0 spiro atoms. The van der Waals surface area contributed by atoms with Crippen molar-refractivity contribution in [2.75, 3.05) is 20.7 Å². The number of nitrogens with one attached hydrogen (secondary N) is 1. The number of likely N-dealkylation sites (N-methyl/N-ethyl adjacent to an activating group) is 1. The van der Waals surface area contributed by atoms with E-state index in [-0.39, 0.29) is 12.1 Å². The van der Waals surface area contributed by atoms with Crippen LogP contribution in [0.5, 0.6) is 5.75 Å². The van der Waals surface area contributed by atoms with Gasteiger partial charge in [-0.1, -0.05) is 0 Å². The van der Waals surface area contributed by atoms with Crippen molar-refractivity contribution in [3.63, 3.8) is 0 Å². The molecule has 0 amide bonds. The van der Waals surface area contributed by atoms with Crippen LogP contribution in [0.4, 0.5) is 4.39 Å². The van der Waals surface area contributed by atoms with E-state index in [0.717, 1.165) is 6.07 Å². The molecule has 2 atom stereocenters. The standard InChI is InChI=1S/C11H16FNO3/c1-13-6-9(14)11(15)8-5-7(12)3-4-10(8)16-2/h3-5,9,11,13-15H,6H2,1-2H3. The Kier molecular flexibility index (Phi) is 4.67. The van der Waals surface area contributed by atoms with Crippen molar-refractivity contribution in [2.24, 2.45) is 0 Å². The molecule has 0 heterocycles. The average molecular weight is 229 g/mol. The van der Waals surface area contributed by atoms with Gasteiger partial charge in [0.25, 0.3) is 0 Å². The van der Waals surface area contributed by atoms with Crippen LogP contribution in [0.1, 0.15) is 11.7 Å². The van der Waals surface area contributed by atoms with Gasteiger partial charge < -0.3 is 20.3 Å². The topological polar surface area (TPSA) is 61.7 Å². The first-order valence-corrected chi connectivity index (χ1v) is 4.94. The maximum absolute atomic E-state index is 13.0. The van der Waals surface area contributed by atoms with E-state index in [1.54, 1.807) is 7.05 Å². The average Bonchev–Trinajstić information content (AvgIpc) is 2.28. The molecule has 0 aliphatic carbocycles. The van der Waals surface area contributed by atoms with E-state index in [1.165, 1.54) is 19.2 Å². The van der Waals surface area contributed by atoms with Crippen molar-refractivity contribution < 1.29 is 19.3 Å². The van der Waals surface area contributed by atoms with Gasteiger partial charge in [-0.3, -0.25) is 0 Å². The molecule has 0 aromatic heterocycles. The zero-order valence-electron chi connectivity index (χ0n) is 9.27. The summed E-state index contributed by atoms with van der Waals surface area (Å²) in [6.07, 6.45) is -2.20. The van der Waals surface area contributed by atoms with E-state index in [2.05, 4.69) is 5.32 Å². The van der Waals surface area contributed by atoms with Crippen molar-refractivity contribution in [1.82, 2.24) is 5.32 Å². The minimum absolute atomic E-state index is 0.209. The monoisotopic (exact) mass is 229 g/mol. The first-order chi connectivity index (χ1) is 7.60. The molecular weight excluding hydrogens is 213 g/mol. The third kappa shape index (κ3) is 2.91. The Balaban J connectivity index is 2.96. The summed E-state index contributed by atoms with van der Waals surface area (Å²) in [5, 5.41) is 22.1. The second kappa shape index (κ2) is 5.79.